The second-order valence-corrected chi connectivity index (χ2v) is 9.04. The van der Waals surface area contributed by atoms with Crippen LogP contribution in [0.15, 0.2) is 6.20 Å². The normalized spacial score (nSPS) is 26.8. The predicted molar refractivity (Wildman–Crippen MR) is 95.7 cm³/mol. The minimum absolute atomic E-state index is 0.320. The summed E-state index contributed by atoms with van der Waals surface area (Å²) >= 11 is 0. The Bertz CT molecular complexity index is 632. The van der Waals surface area contributed by atoms with E-state index in [0.29, 0.717) is 23.3 Å². The van der Waals surface area contributed by atoms with E-state index in [-0.39, 0.29) is 0 Å². The van der Waals surface area contributed by atoms with Crippen molar-refractivity contribution in [3.63, 3.8) is 0 Å². The van der Waals surface area contributed by atoms with Gasteiger partial charge in [-0.3, -0.25) is 4.79 Å². The van der Waals surface area contributed by atoms with Crippen molar-refractivity contribution < 1.29 is 4.79 Å². The Labute approximate surface area is 150 Å². The minimum Gasteiger partial charge on any atom is -0.342 e. The van der Waals surface area contributed by atoms with E-state index in [1.807, 2.05) is 24.7 Å². The van der Waals surface area contributed by atoms with Crippen LogP contribution < -0.4 is 5.73 Å². The maximum Gasteiger partial charge on any atom is 0.226 e. The summed E-state index contributed by atoms with van der Waals surface area (Å²) in [5.41, 5.74) is 6.85. The number of nitrogens with two attached hydrogens (primary N) is 1. The van der Waals surface area contributed by atoms with E-state index in [2.05, 4.69) is 15.2 Å². The number of hydrogen-bond donors (Lipinski definition) is 1. The first-order chi connectivity index (χ1) is 11.9. The van der Waals surface area contributed by atoms with E-state index in [4.69, 9.17) is 5.73 Å². The van der Waals surface area contributed by atoms with Gasteiger partial charge in [-0.05, 0) is 51.4 Å². The number of amides is 1. The molecule has 1 amide bonds. The Morgan fingerprint density at radius 3 is 2.52 bits per heavy atom. The zero-order valence-electron chi connectivity index (χ0n) is 15.6. The van der Waals surface area contributed by atoms with Gasteiger partial charge in [0.1, 0.15) is 5.69 Å². The van der Waals surface area contributed by atoms with Crippen LogP contribution in [-0.2, 0) is 10.3 Å². The smallest absolute Gasteiger partial charge is 0.226 e. The SMILES string of the molecule is CC(C)(N)c1cn(C2CCN(C(=O)C3CC34CCCCC4)CC2)nn1. The molecule has 1 atom stereocenters. The highest BCUT2D eigenvalue weighted by atomic mass is 16.2. The third-order valence-electron chi connectivity index (χ3n) is 6.66. The van der Waals surface area contributed by atoms with Gasteiger partial charge < -0.3 is 10.6 Å². The van der Waals surface area contributed by atoms with Crippen molar-refractivity contribution in [2.75, 3.05) is 13.1 Å². The molecule has 1 saturated heterocycles. The van der Waals surface area contributed by atoms with Crippen LogP contribution >= 0.6 is 0 Å². The van der Waals surface area contributed by atoms with Crippen LogP contribution in [0.5, 0.6) is 0 Å². The van der Waals surface area contributed by atoms with Crippen LogP contribution in [0.4, 0.5) is 0 Å². The fourth-order valence-corrected chi connectivity index (χ4v) is 4.83. The average molecular weight is 345 g/mol. The number of aromatic nitrogens is 3. The molecule has 2 saturated carbocycles. The van der Waals surface area contributed by atoms with E-state index in [0.717, 1.165) is 38.0 Å². The highest BCUT2D eigenvalue weighted by Crippen LogP contribution is 2.62. The zero-order chi connectivity index (χ0) is 17.7. The summed E-state index contributed by atoms with van der Waals surface area (Å²) in [5.74, 6) is 0.739. The number of likely N-dealkylation sites (tertiary alicyclic amines) is 1. The molecular formula is C19H31N5O. The first kappa shape index (κ1) is 17.0. The number of piperidine rings is 1. The van der Waals surface area contributed by atoms with E-state index >= 15 is 0 Å². The Balaban J connectivity index is 1.33. The molecule has 0 aromatic carbocycles. The van der Waals surface area contributed by atoms with Crippen molar-refractivity contribution in [3.8, 4) is 0 Å². The lowest BCUT2D eigenvalue weighted by molar-refractivity contribution is -0.135. The summed E-state index contributed by atoms with van der Waals surface area (Å²) in [6.07, 6.45) is 11.6. The molecule has 6 nitrogen and oxygen atoms in total. The first-order valence-corrected chi connectivity index (χ1v) is 9.89. The Morgan fingerprint density at radius 1 is 1.24 bits per heavy atom. The van der Waals surface area contributed by atoms with Crippen LogP contribution in [0.2, 0.25) is 0 Å². The molecule has 3 aliphatic rings. The molecule has 3 fully saturated rings. The van der Waals surface area contributed by atoms with Crippen molar-refractivity contribution in [2.45, 2.75) is 76.8 Å². The van der Waals surface area contributed by atoms with Crippen molar-refractivity contribution in [3.05, 3.63) is 11.9 Å². The molecule has 138 valence electrons. The van der Waals surface area contributed by atoms with Gasteiger partial charge in [0, 0.05) is 19.0 Å². The first-order valence-electron chi connectivity index (χ1n) is 9.89. The van der Waals surface area contributed by atoms with Crippen molar-refractivity contribution in [1.82, 2.24) is 19.9 Å². The molecule has 2 heterocycles. The lowest BCUT2D eigenvalue weighted by Gasteiger charge is -2.33. The van der Waals surface area contributed by atoms with Gasteiger partial charge >= 0.3 is 0 Å². The minimum atomic E-state index is -0.463. The van der Waals surface area contributed by atoms with Gasteiger partial charge in [0.2, 0.25) is 5.91 Å². The summed E-state index contributed by atoms with van der Waals surface area (Å²) in [5, 5.41) is 8.49. The molecule has 25 heavy (non-hydrogen) atoms. The van der Waals surface area contributed by atoms with Crippen molar-refractivity contribution in [2.24, 2.45) is 17.1 Å². The standard InChI is InChI=1S/C19H31N5O/c1-18(2,20)16-13-24(22-21-16)14-6-10-23(11-7-14)17(25)15-12-19(15)8-4-3-5-9-19/h13-15H,3-12,20H2,1-2H3. The quantitative estimate of drug-likeness (QED) is 0.913. The monoisotopic (exact) mass is 345 g/mol. The van der Waals surface area contributed by atoms with Gasteiger partial charge in [0.15, 0.2) is 0 Å². The molecule has 0 bridgehead atoms. The van der Waals surface area contributed by atoms with Gasteiger partial charge in [0.25, 0.3) is 0 Å². The summed E-state index contributed by atoms with van der Waals surface area (Å²) < 4.78 is 1.95. The maximum absolute atomic E-state index is 12.9. The average Bonchev–Trinajstić information content (AvgIpc) is 3.06. The Morgan fingerprint density at radius 2 is 1.92 bits per heavy atom. The third kappa shape index (κ3) is 3.21. The van der Waals surface area contributed by atoms with Crippen LogP contribution in [-0.4, -0.2) is 38.9 Å². The summed E-state index contributed by atoms with van der Waals surface area (Å²) in [4.78, 5) is 15.0. The highest BCUT2D eigenvalue weighted by molar-refractivity contribution is 5.82. The van der Waals surface area contributed by atoms with Gasteiger partial charge in [-0.2, -0.15) is 0 Å². The van der Waals surface area contributed by atoms with Crippen LogP contribution in [0.1, 0.15) is 76.9 Å². The van der Waals surface area contributed by atoms with Crippen molar-refractivity contribution in [1.29, 1.82) is 0 Å². The van der Waals surface area contributed by atoms with Crippen LogP contribution in [0.3, 0.4) is 0 Å². The number of rotatable bonds is 3. The second-order valence-electron chi connectivity index (χ2n) is 9.04. The molecule has 2 aliphatic carbocycles. The highest BCUT2D eigenvalue weighted by Gasteiger charge is 2.58. The number of carbonyl (C=O) groups is 1. The molecule has 1 spiro atoms. The lowest BCUT2D eigenvalue weighted by atomic mass is 9.84. The topological polar surface area (TPSA) is 77.0 Å². The molecule has 1 aromatic heterocycles. The third-order valence-corrected chi connectivity index (χ3v) is 6.66. The summed E-state index contributed by atoms with van der Waals surface area (Å²) in [7, 11) is 0. The zero-order valence-corrected chi connectivity index (χ0v) is 15.6. The predicted octanol–water partition coefficient (Wildman–Crippen LogP) is 2.61. The molecule has 4 rings (SSSR count). The number of hydrogen-bond acceptors (Lipinski definition) is 4. The summed E-state index contributed by atoms with van der Waals surface area (Å²) in [6.45, 7) is 5.58. The molecule has 6 heteroatoms. The van der Waals surface area contributed by atoms with Gasteiger partial charge in [0.05, 0.1) is 17.8 Å². The van der Waals surface area contributed by atoms with Gasteiger partial charge in [-0.1, -0.05) is 24.5 Å². The maximum atomic E-state index is 12.9. The second kappa shape index (κ2) is 6.08. The van der Waals surface area contributed by atoms with E-state index < -0.39 is 5.54 Å². The largest absolute Gasteiger partial charge is 0.342 e. The fourth-order valence-electron chi connectivity index (χ4n) is 4.83. The van der Waals surface area contributed by atoms with Crippen LogP contribution in [0.25, 0.3) is 0 Å². The molecule has 0 radical (unpaired) electrons. The number of nitrogens with zero attached hydrogens (tertiary/aromatic N) is 4. The van der Waals surface area contributed by atoms with Crippen molar-refractivity contribution >= 4 is 5.91 Å². The Hall–Kier alpha value is -1.43. The van der Waals surface area contributed by atoms with E-state index in [1.54, 1.807) is 0 Å². The van der Waals surface area contributed by atoms with Gasteiger partial charge in [-0.15, -0.1) is 5.10 Å². The van der Waals surface area contributed by atoms with E-state index in [9.17, 15) is 4.79 Å². The Kier molecular flexibility index (Phi) is 4.13. The molecule has 1 aromatic rings. The van der Waals surface area contributed by atoms with Gasteiger partial charge in [-0.25, -0.2) is 4.68 Å². The molecule has 1 unspecified atom stereocenters. The fraction of sp³-hybridized carbons (Fsp3) is 0.842. The lowest BCUT2D eigenvalue weighted by Crippen LogP contribution is -2.41. The number of carbonyl (C=O) groups excluding carboxylic acids is 1. The molecular weight excluding hydrogens is 314 g/mol. The van der Waals surface area contributed by atoms with E-state index in [1.165, 1.54) is 32.1 Å². The molecule has 1 aliphatic heterocycles. The molecule has 2 N–H and O–H groups in total. The van der Waals surface area contributed by atoms with Crippen LogP contribution in [0, 0.1) is 11.3 Å². The summed E-state index contributed by atoms with van der Waals surface area (Å²) in [6, 6.07) is 0.329.